The van der Waals surface area contributed by atoms with Gasteiger partial charge in [-0.2, -0.15) is 0 Å². The second kappa shape index (κ2) is 4.38. The summed E-state index contributed by atoms with van der Waals surface area (Å²) in [6.45, 7) is 4.27. The van der Waals surface area contributed by atoms with Gasteiger partial charge in [0.25, 0.3) is 0 Å². The summed E-state index contributed by atoms with van der Waals surface area (Å²) in [5, 5.41) is 0. The van der Waals surface area contributed by atoms with Crippen LogP contribution in [0.25, 0.3) is 11.1 Å². The standard InChI is InChI=1S/C14H13BrO/c1-9(2)5-10-6-11(8-16)13-4-3-12(15)7-14(10)13/h3-9H,1-2H3/b10-5+. The van der Waals surface area contributed by atoms with Gasteiger partial charge in [-0.25, -0.2) is 0 Å². The quantitative estimate of drug-likeness (QED) is 0.744. The number of benzene rings is 1. The van der Waals surface area contributed by atoms with E-state index in [1.54, 1.807) is 0 Å². The average molecular weight is 277 g/mol. The van der Waals surface area contributed by atoms with Gasteiger partial charge in [0.1, 0.15) is 0 Å². The second-order valence-corrected chi connectivity index (χ2v) is 5.19. The second-order valence-electron chi connectivity index (χ2n) is 4.27. The minimum absolute atomic E-state index is 0.476. The SMILES string of the molecule is CC(C)/C=C1\C=C(C=O)c2ccc(Br)cc21. The fourth-order valence-corrected chi connectivity index (χ4v) is 2.29. The molecule has 0 radical (unpaired) electrons. The normalized spacial score (nSPS) is 16.5. The van der Waals surface area contributed by atoms with Gasteiger partial charge < -0.3 is 0 Å². The zero-order valence-corrected chi connectivity index (χ0v) is 10.9. The van der Waals surface area contributed by atoms with Crippen LogP contribution in [0.2, 0.25) is 0 Å². The van der Waals surface area contributed by atoms with Crippen molar-refractivity contribution in [2.45, 2.75) is 13.8 Å². The number of allylic oxidation sites excluding steroid dienone is 4. The molecule has 0 spiro atoms. The molecular weight excluding hydrogens is 264 g/mol. The monoisotopic (exact) mass is 276 g/mol. The van der Waals surface area contributed by atoms with E-state index in [9.17, 15) is 4.79 Å². The Bertz CT molecular complexity index is 495. The molecule has 82 valence electrons. The molecule has 0 bridgehead atoms. The maximum Gasteiger partial charge on any atom is 0.150 e. The van der Waals surface area contributed by atoms with Crippen LogP contribution in [0.15, 0.2) is 34.8 Å². The first-order chi connectivity index (χ1) is 7.61. The molecule has 0 unspecified atom stereocenters. The Balaban J connectivity index is 2.59. The lowest BCUT2D eigenvalue weighted by Crippen LogP contribution is -1.86. The van der Waals surface area contributed by atoms with Gasteiger partial charge in [0.15, 0.2) is 6.29 Å². The largest absolute Gasteiger partial charge is 0.298 e. The first-order valence-electron chi connectivity index (χ1n) is 5.31. The molecule has 16 heavy (non-hydrogen) atoms. The minimum Gasteiger partial charge on any atom is -0.298 e. The third-order valence-electron chi connectivity index (χ3n) is 2.55. The van der Waals surface area contributed by atoms with E-state index in [0.717, 1.165) is 33.0 Å². The summed E-state index contributed by atoms with van der Waals surface area (Å²) in [7, 11) is 0. The molecule has 1 aliphatic carbocycles. The lowest BCUT2D eigenvalue weighted by Gasteiger charge is -2.04. The molecule has 0 atom stereocenters. The molecule has 2 heteroatoms. The van der Waals surface area contributed by atoms with Crippen molar-refractivity contribution in [3.8, 4) is 0 Å². The summed E-state index contributed by atoms with van der Waals surface area (Å²) >= 11 is 3.46. The highest BCUT2D eigenvalue weighted by Crippen LogP contribution is 2.36. The Morgan fingerprint density at radius 3 is 2.62 bits per heavy atom. The number of hydrogen-bond acceptors (Lipinski definition) is 1. The van der Waals surface area contributed by atoms with E-state index in [1.807, 2.05) is 18.2 Å². The molecule has 0 saturated heterocycles. The maximum absolute atomic E-state index is 11.0. The summed E-state index contributed by atoms with van der Waals surface area (Å²) in [5.74, 6) is 0.476. The predicted molar refractivity (Wildman–Crippen MR) is 71.0 cm³/mol. The summed E-state index contributed by atoms with van der Waals surface area (Å²) in [6.07, 6.45) is 5.07. The third kappa shape index (κ3) is 2.03. The maximum atomic E-state index is 11.0. The summed E-state index contributed by atoms with van der Waals surface area (Å²) in [4.78, 5) is 11.0. The van der Waals surface area contributed by atoms with Crippen LogP contribution in [0.3, 0.4) is 0 Å². The fourth-order valence-electron chi connectivity index (χ4n) is 1.92. The number of hydrogen-bond donors (Lipinski definition) is 0. The Kier molecular flexibility index (Phi) is 3.10. The zero-order chi connectivity index (χ0) is 11.7. The topological polar surface area (TPSA) is 17.1 Å². The van der Waals surface area contributed by atoms with E-state index < -0.39 is 0 Å². The van der Waals surface area contributed by atoms with Gasteiger partial charge in [-0.05, 0) is 40.8 Å². The van der Waals surface area contributed by atoms with Crippen LogP contribution in [-0.2, 0) is 4.79 Å². The van der Waals surface area contributed by atoms with Crippen molar-refractivity contribution in [3.63, 3.8) is 0 Å². The molecule has 0 aromatic heterocycles. The first kappa shape index (κ1) is 11.3. The van der Waals surface area contributed by atoms with Crippen molar-refractivity contribution < 1.29 is 4.79 Å². The minimum atomic E-state index is 0.476. The Labute approximate surface area is 104 Å². The van der Waals surface area contributed by atoms with Crippen LogP contribution < -0.4 is 0 Å². The van der Waals surface area contributed by atoms with Crippen LogP contribution in [0, 0.1) is 5.92 Å². The van der Waals surface area contributed by atoms with E-state index in [0.29, 0.717) is 5.92 Å². The molecule has 1 aromatic carbocycles. The molecule has 2 rings (SSSR count). The lowest BCUT2D eigenvalue weighted by molar-refractivity contribution is -0.103. The van der Waals surface area contributed by atoms with Crippen molar-refractivity contribution in [1.82, 2.24) is 0 Å². The van der Waals surface area contributed by atoms with E-state index >= 15 is 0 Å². The van der Waals surface area contributed by atoms with E-state index in [4.69, 9.17) is 0 Å². The van der Waals surface area contributed by atoms with Crippen LogP contribution >= 0.6 is 15.9 Å². The van der Waals surface area contributed by atoms with Gasteiger partial charge in [0.05, 0.1) is 0 Å². The van der Waals surface area contributed by atoms with Gasteiger partial charge >= 0.3 is 0 Å². The number of halogens is 1. The highest BCUT2D eigenvalue weighted by Gasteiger charge is 2.17. The molecule has 1 aromatic rings. The number of rotatable bonds is 2. The third-order valence-corrected chi connectivity index (χ3v) is 3.05. The van der Waals surface area contributed by atoms with Crippen molar-refractivity contribution in [3.05, 3.63) is 46.0 Å². The van der Waals surface area contributed by atoms with E-state index in [1.165, 1.54) is 0 Å². The number of carbonyl (C=O) groups excluding carboxylic acids is 1. The smallest absolute Gasteiger partial charge is 0.150 e. The molecule has 0 aliphatic heterocycles. The molecular formula is C14H13BrO. The average Bonchev–Trinajstić information content (AvgIpc) is 2.55. The zero-order valence-electron chi connectivity index (χ0n) is 9.33. The highest BCUT2D eigenvalue weighted by molar-refractivity contribution is 9.10. The molecule has 0 amide bonds. The molecule has 0 N–H and O–H groups in total. The molecule has 1 aliphatic rings. The van der Waals surface area contributed by atoms with Gasteiger partial charge in [-0.3, -0.25) is 4.79 Å². The van der Waals surface area contributed by atoms with Crippen molar-refractivity contribution >= 4 is 33.4 Å². The Morgan fingerprint density at radius 2 is 2.00 bits per heavy atom. The van der Waals surface area contributed by atoms with Gasteiger partial charge in [0, 0.05) is 10.0 Å². The fraction of sp³-hybridized carbons (Fsp3) is 0.214. The van der Waals surface area contributed by atoms with Crippen molar-refractivity contribution in [1.29, 1.82) is 0 Å². The molecule has 0 fully saturated rings. The Hall–Kier alpha value is -1.15. The van der Waals surface area contributed by atoms with Gasteiger partial charge in [-0.1, -0.05) is 41.9 Å². The summed E-state index contributed by atoms with van der Waals surface area (Å²) in [5.41, 5.74) is 4.10. The van der Waals surface area contributed by atoms with Crippen molar-refractivity contribution in [2.75, 3.05) is 0 Å². The van der Waals surface area contributed by atoms with Gasteiger partial charge in [0.2, 0.25) is 0 Å². The number of carbonyl (C=O) groups is 1. The lowest BCUT2D eigenvalue weighted by atomic mass is 10.0. The van der Waals surface area contributed by atoms with Crippen molar-refractivity contribution in [2.24, 2.45) is 5.92 Å². The Morgan fingerprint density at radius 1 is 1.25 bits per heavy atom. The van der Waals surface area contributed by atoms with Crippen LogP contribution in [0.5, 0.6) is 0 Å². The molecule has 0 saturated carbocycles. The number of fused-ring (bicyclic) bond motifs is 1. The molecule has 1 nitrogen and oxygen atoms in total. The predicted octanol–water partition coefficient (Wildman–Crippen LogP) is 4.08. The van der Waals surface area contributed by atoms with Crippen LogP contribution in [0.1, 0.15) is 25.0 Å². The summed E-state index contributed by atoms with van der Waals surface area (Å²) in [6, 6.07) is 6.02. The number of aldehydes is 1. The van der Waals surface area contributed by atoms with Crippen LogP contribution in [0.4, 0.5) is 0 Å². The van der Waals surface area contributed by atoms with Gasteiger partial charge in [-0.15, -0.1) is 0 Å². The van der Waals surface area contributed by atoms with E-state index in [2.05, 4.69) is 41.9 Å². The first-order valence-corrected chi connectivity index (χ1v) is 6.10. The summed E-state index contributed by atoms with van der Waals surface area (Å²) < 4.78 is 1.04. The molecule has 0 heterocycles. The van der Waals surface area contributed by atoms with Crippen LogP contribution in [-0.4, -0.2) is 6.29 Å². The highest BCUT2D eigenvalue weighted by atomic mass is 79.9. The van der Waals surface area contributed by atoms with E-state index in [-0.39, 0.29) is 0 Å².